The number of nitrogens with one attached hydrogen (secondary N) is 1. The van der Waals surface area contributed by atoms with Gasteiger partial charge in [-0.05, 0) is 24.3 Å². The maximum absolute atomic E-state index is 12.1. The number of hydrogen-bond donors (Lipinski definition) is 1. The fraction of sp³-hybridized carbons (Fsp3) is 0.0833. The highest BCUT2D eigenvalue weighted by Crippen LogP contribution is 2.02. The molecule has 18 heavy (non-hydrogen) atoms. The first kappa shape index (κ1) is 10.5. The molecule has 3 aromatic heterocycles. The third-order valence-electron chi connectivity index (χ3n) is 2.65. The summed E-state index contributed by atoms with van der Waals surface area (Å²) in [6, 6.07) is 6.69. The molecule has 0 atom stereocenters. The Balaban J connectivity index is 2.23. The molecule has 6 heteroatoms. The Hall–Kier alpha value is -2.63. The lowest BCUT2D eigenvalue weighted by molar-refractivity contribution is 0.484. The van der Waals surface area contributed by atoms with Crippen LogP contribution in [0.15, 0.2) is 50.7 Å². The largest absolute Gasteiger partial charge is 0.467 e. The van der Waals surface area contributed by atoms with Crippen molar-refractivity contribution in [2.75, 3.05) is 0 Å². The van der Waals surface area contributed by atoms with Gasteiger partial charge in [0.05, 0.1) is 18.2 Å². The van der Waals surface area contributed by atoms with Gasteiger partial charge >= 0.3 is 5.69 Å². The van der Waals surface area contributed by atoms with Crippen molar-refractivity contribution in [3.63, 3.8) is 0 Å². The van der Waals surface area contributed by atoms with Crippen molar-refractivity contribution < 1.29 is 4.42 Å². The molecule has 0 unspecified atom stereocenters. The van der Waals surface area contributed by atoms with E-state index < -0.39 is 5.69 Å². The molecule has 3 heterocycles. The van der Waals surface area contributed by atoms with E-state index in [1.165, 1.54) is 12.5 Å². The van der Waals surface area contributed by atoms with E-state index in [0.29, 0.717) is 16.8 Å². The van der Waals surface area contributed by atoms with Crippen LogP contribution in [0.3, 0.4) is 0 Å². The molecule has 0 fully saturated rings. The first-order chi connectivity index (χ1) is 8.75. The van der Waals surface area contributed by atoms with Crippen LogP contribution in [0.25, 0.3) is 11.0 Å². The van der Waals surface area contributed by atoms with E-state index in [4.69, 9.17) is 4.42 Å². The molecule has 0 spiro atoms. The third kappa shape index (κ3) is 1.64. The number of fused-ring (bicyclic) bond motifs is 1. The highest BCUT2D eigenvalue weighted by atomic mass is 16.3. The van der Waals surface area contributed by atoms with E-state index in [1.807, 2.05) is 0 Å². The van der Waals surface area contributed by atoms with E-state index in [-0.39, 0.29) is 12.1 Å². The lowest BCUT2D eigenvalue weighted by Gasteiger charge is -2.03. The summed E-state index contributed by atoms with van der Waals surface area (Å²) in [4.78, 5) is 30.5. The van der Waals surface area contributed by atoms with Crippen LogP contribution in [0.2, 0.25) is 0 Å². The van der Waals surface area contributed by atoms with Crippen LogP contribution in [0.5, 0.6) is 0 Å². The SMILES string of the molecule is O=c1[nH]c2ncccc2c(=O)n1Cc1ccco1. The molecule has 6 nitrogen and oxygen atoms in total. The van der Waals surface area contributed by atoms with Crippen molar-refractivity contribution in [1.29, 1.82) is 0 Å². The number of aromatic amines is 1. The van der Waals surface area contributed by atoms with E-state index in [0.717, 1.165) is 4.57 Å². The molecule has 0 radical (unpaired) electrons. The molecule has 0 saturated carbocycles. The third-order valence-corrected chi connectivity index (χ3v) is 2.65. The van der Waals surface area contributed by atoms with Crippen LogP contribution in [-0.4, -0.2) is 14.5 Å². The van der Waals surface area contributed by atoms with Gasteiger partial charge in [-0.15, -0.1) is 0 Å². The summed E-state index contributed by atoms with van der Waals surface area (Å²) in [7, 11) is 0. The second kappa shape index (κ2) is 3.99. The zero-order valence-corrected chi connectivity index (χ0v) is 9.29. The fourth-order valence-electron chi connectivity index (χ4n) is 1.79. The Labute approximate surface area is 101 Å². The summed E-state index contributed by atoms with van der Waals surface area (Å²) >= 11 is 0. The smallest absolute Gasteiger partial charge is 0.330 e. The molecule has 3 rings (SSSR count). The average Bonchev–Trinajstić information content (AvgIpc) is 2.87. The number of hydrogen-bond acceptors (Lipinski definition) is 4. The first-order valence-electron chi connectivity index (χ1n) is 5.36. The molecule has 0 amide bonds. The number of nitrogens with zero attached hydrogens (tertiary/aromatic N) is 2. The van der Waals surface area contributed by atoms with Crippen LogP contribution < -0.4 is 11.2 Å². The zero-order valence-electron chi connectivity index (χ0n) is 9.29. The lowest BCUT2D eigenvalue weighted by Crippen LogP contribution is -2.35. The highest BCUT2D eigenvalue weighted by Gasteiger charge is 2.09. The van der Waals surface area contributed by atoms with Gasteiger partial charge in [0.1, 0.15) is 11.4 Å². The van der Waals surface area contributed by atoms with Gasteiger partial charge in [0.2, 0.25) is 0 Å². The van der Waals surface area contributed by atoms with Crippen LogP contribution in [0, 0.1) is 0 Å². The summed E-state index contributed by atoms with van der Waals surface area (Å²) in [5, 5.41) is 0.378. The molecule has 0 aliphatic heterocycles. The fourth-order valence-corrected chi connectivity index (χ4v) is 1.79. The van der Waals surface area contributed by atoms with Gasteiger partial charge in [0.25, 0.3) is 5.56 Å². The molecular weight excluding hydrogens is 234 g/mol. The summed E-state index contributed by atoms with van der Waals surface area (Å²) in [5.41, 5.74) is -0.580. The van der Waals surface area contributed by atoms with Gasteiger partial charge in [0.15, 0.2) is 0 Å². The Bertz CT molecular complexity index is 799. The van der Waals surface area contributed by atoms with E-state index in [9.17, 15) is 9.59 Å². The summed E-state index contributed by atoms with van der Waals surface area (Å²) in [5.74, 6) is 0.547. The predicted molar refractivity (Wildman–Crippen MR) is 64.4 cm³/mol. The average molecular weight is 243 g/mol. The number of aromatic nitrogens is 3. The van der Waals surface area contributed by atoms with Crippen molar-refractivity contribution in [1.82, 2.24) is 14.5 Å². The second-order valence-corrected chi connectivity index (χ2v) is 3.80. The summed E-state index contributed by atoms with van der Waals surface area (Å²) < 4.78 is 6.22. The van der Waals surface area contributed by atoms with E-state index in [1.54, 1.807) is 24.3 Å². The molecule has 0 bridgehead atoms. The van der Waals surface area contributed by atoms with Crippen LogP contribution in [-0.2, 0) is 6.54 Å². The Kier molecular flexibility index (Phi) is 2.33. The number of rotatable bonds is 2. The normalized spacial score (nSPS) is 10.9. The molecule has 0 saturated heterocycles. The quantitative estimate of drug-likeness (QED) is 0.719. The predicted octanol–water partition coefficient (Wildman–Crippen LogP) is 0.726. The molecule has 1 N–H and O–H groups in total. The second-order valence-electron chi connectivity index (χ2n) is 3.80. The van der Waals surface area contributed by atoms with Crippen molar-refractivity contribution in [3.8, 4) is 0 Å². The topological polar surface area (TPSA) is 80.9 Å². The van der Waals surface area contributed by atoms with Crippen molar-refractivity contribution in [2.24, 2.45) is 0 Å². The van der Waals surface area contributed by atoms with Gasteiger partial charge < -0.3 is 4.42 Å². The van der Waals surface area contributed by atoms with Gasteiger partial charge in [-0.3, -0.25) is 14.3 Å². The monoisotopic (exact) mass is 243 g/mol. The van der Waals surface area contributed by atoms with E-state index in [2.05, 4.69) is 9.97 Å². The first-order valence-corrected chi connectivity index (χ1v) is 5.36. The maximum atomic E-state index is 12.1. The zero-order chi connectivity index (χ0) is 12.5. The number of H-pyrrole nitrogens is 1. The molecule has 90 valence electrons. The van der Waals surface area contributed by atoms with Gasteiger partial charge in [-0.1, -0.05) is 0 Å². The molecular formula is C12H9N3O3. The molecule has 0 aliphatic rings. The van der Waals surface area contributed by atoms with Gasteiger partial charge in [-0.25, -0.2) is 9.78 Å². The van der Waals surface area contributed by atoms with E-state index >= 15 is 0 Å². The van der Waals surface area contributed by atoms with Gasteiger partial charge in [-0.2, -0.15) is 0 Å². The minimum absolute atomic E-state index is 0.103. The molecule has 0 aliphatic carbocycles. The van der Waals surface area contributed by atoms with Crippen molar-refractivity contribution in [3.05, 3.63) is 63.3 Å². The van der Waals surface area contributed by atoms with Crippen LogP contribution >= 0.6 is 0 Å². The highest BCUT2D eigenvalue weighted by molar-refractivity contribution is 5.72. The van der Waals surface area contributed by atoms with Crippen molar-refractivity contribution >= 4 is 11.0 Å². The Morgan fingerprint density at radius 3 is 2.94 bits per heavy atom. The summed E-state index contributed by atoms with van der Waals surface area (Å²) in [6.07, 6.45) is 3.02. The Morgan fingerprint density at radius 1 is 1.28 bits per heavy atom. The Morgan fingerprint density at radius 2 is 2.17 bits per heavy atom. The van der Waals surface area contributed by atoms with Crippen LogP contribution in [0.4, 0.5) is 0 Å². The van der Waals surface area contributed by atoms with Gasteiger partial charge in [0, 0.05) is 6.20 Å². The van der Waals surface area contributed by atoms with Crippen molar-refractivity contribution in [2.45, 2.75) is 6.54 Å². The number of pyridine rings is 1. The number of furan rings is 1. The molecule has 0 aromatic carbocycles. The van der Waals surface area contributed by atoms with Crippen LogP contribution in [0.1, 0.15) is 5.76 Å². The maximum Gasteiger partial charge on any atom is 0.330 e. The minimum atomic E-state index is -0.498. The standard InChI is InChI=1S/C12H9N3O3/c16-11-9-4-1-5-13-10(9)14-12(17)15(11)7-8-3-2-6-18-8/h1-6H,7H2,(H,13,14,17). The minimum Gasteiger partial charge on any atom is -0.467 e. The molecule has 3 aromatic rings. The lowest BCUT2D eigenvalue weighted by atomic mass is 10.3. The summed E-state index contributed by atoms with van der Waals surface area (Å²) in [6.45, 7) is 0.103.